The van der Waals surface area contributed by atoms with Crippen LogP contribution in [-0.2, 0) is 16.8 Å². The Hall–Kier alpha value is -3.93. The summed E-state index contributed by atoms with van der Waals surface area (Å²) in [5, 5.41) is 2.99. The highest BCUT2D eigenvalue weighted by Crippen LogP contribution is 2.32. The molecule has 178 valence electrons. The number of pyridine rings is 1. The molecule has 1 fully saturated rings. The fourth-order valence-corrected chi connectivity index (χ4v) is 4.84. The number of rotatable bonds is 6. The topological polar surface area (TPSA) is 66.7 Å². The van der Waals surface area contributed by atoms with Gasteiger partial charge in [0.1, 0.15) is 5.65 Å². The van der Waals surface area contributed by atoms with Crippen LogP contribution in [0.2, 0.25) is 0 Å². The molecule has 0 radical (unpaired) electrons. The third kappa shape index (κ3) is 4.69. The number of fused-ring (bicyclic) bond motifs is 1. The van der Waals surface area contributed by atoms with Gasteiger partial charge in [0.05, 0.1) is 5.41 Å². The Morgan fingerprint density at radius 1 is 1.03 bits per heavy atom. The van der Waals surface area contributed by atoms with Gasteiger partial charge in [-0.25, -0.2) is 4.98 Å². The molecule has 6 nitrogen and oxygen atoms in total. The SMILES string of the molecule is CC(C)(C(=O)N1CCC(c2ccc(C(=O)NCc3ccn4ccnc4c3)cc2)C1)c1ccccc1. The van der Waals surface area contributed by atoms with Gasteiger partial charge in [-0.05, 0) is 61.2 Å². The van der Waals surface area contributed by atoms with Gasteiger partial charge in [0, 0.05) is 49.7 Å². The molecule has 0 spiro atoms. The van der Waals surface area contributed by atoms with Gasteiger partial charge >= 0.3 is 0 Å². The van der Waals surface area contributed by atoms with E-state index < -0.39 is 5.41 Å². The highest BCUT2D eigenvalue weighted by molar-refractivity contribution is 5.94. The van der Waals surface area contributed by atoms with Crippen LogP contribution >= 0.6 is 0 Å². The quantitative estimate of drug-likeness (QED) is 0.453. The first-order valence-electron chi connectivity index (χ1n) is 12.1. The van der Waals surface area contributed by atoms with Gasteiger partial charge in [-0.1, -0.05) is 42.5 Å². The van der Waals surface area contributed by atoms with Crippen molar-refractivity contribution in [2.45, 2.75) is 38.1 Å². The van der Waals surface area contributed by atoms with Crippen molar-refractivity contribution >= 4 is 17.5 Å². The largest absolute Gasteiger partial charge is 0.348 e. The average molecular weight is 467 g/mol. The summed E-state index contributed by atoms with van der Waals surface area (Å²) in [6.45, 7) is 5.90. The predicted octanol–water partition coefficient (Wildman–Crippen LogP) is 4.56. The second-order valence-corrected chi connectivity index (χ2v) is 9.76. The second kappa shape index (κ2) is 9.37. The van der Waals surface area contributed by atoms with Crippen LogP contribution in [-0.4, -0.2) is 39.2 Å². The number of hydrogen-bond donors (Lipinski definition) is 1. The van der Waals surface area contributed by atoms with Gasteiger partial charge in [-0.2, -0.15) is 0 Å². The normalized spacial score (nSPS) is 15.9. The number of nitrogens with one attached hydrogen (secondary N) is 1. The number of likely N-dealkylation sites (tertiary alicyclic amines) is 1. The van der Waals surface area contributed by atoms with Crippen LogP contribution in [0.5, 0.6) is 0 Å². The maximum absolute atomic E-state index is 13.3. The molecule has 1 N–H and O–H groups in total. The Kier molecular flexibility index (Phi) is 6.12. The summed E-state index contributed by atoms with van der Waals surface area (Å²) < 4.78 is 1.93. The molecule has 1 unspecified atom stereocenters. The summed E-state index contributed by atoms with van der Waals surface area (Å²) >= 11 is 0. The van der Waals surface area contributed by atoms with E-state index in [-0.39, 0.29) is 17.7 Å². The average Bonchev–Trinajstić information content (AvgIpc) is 3.57. The molecule has 2 aromatic heterocycles. The number of amides is 2. The Bertz CT molecular complexity index is 1340. The molecule has 0 aliphatic carbocycles. The van der Waals surface area contributed by atoms with E-state index in [1.807, 2.05) is 102 Å². The number of imidazole rings is 1. The molecular formula is C29H30N4O2. The van der Waals surface area contributed by atoms with Gasteiger partial charge < -0.3 is 14.6 Å². The van der Waals surface area contributed by atoms with E-state index in [1.54, 1.807) is 6.20 Å². The summed E-state index contributed by atoms with van der Waals surface area (Å²) in [6.07, 6.45) is 6.51. The lowest BCUT2D eigenvalue weighted by Crippen LogP contribution is -2.42. The summed E-state index contributed by atoms with van der Waals surface area (Å²) in [7, 11) is 0. The van der Waals surface area contributed by atoms with Crippen LogP contribution in [0.25, 0.3) is 5.65 Å². The molecule has 3 heterocycles. The molecule has 1 aliphatic rings. The monoisotopic (exact) mass is 466 g/mol. The van der Waals surface area contributed by atoms with Crippen LogP contribution in [0.1, 0.15) is 53.2 Å². The van der Waals surface area contributed by atoms with E-state index in [0.717, 1.165) is 29.7 Å². The van der Waals surface area contributed by atoms with Crippen molar-refractivity contribution in [2.75, 3.05) is 13.1 Å². The van der Waals surface area contributed by atoms with Crippen LogP contribution in [0, 0.1) is 0 Å². The highest BCUT2D eigenvalue weighted by atomic mass is 16.2. The van der Waals surface area contributed by atoms with Crippen molar-refractivity contribution in [3.63, 3.8) is 0 Å². The van der Waals surface area contributed by atoms with E-state index in [0.29, 0.717) is 18.7 Å². The third-order valence-electron chi connectivity index (χ3n) is 7.07. The highest BCUT2D eigenvalue weighted by Gasteiger charge is 2.37. The molecule has 6 heteroatoms. The Labute approximate surface area is 205 Å². The summed E-state index contributed by atoms with van der Waals surface area (Å²) in [5.74, 6) is 0.340. The van der Waals surface area contributed by atoms with E-state index in [4.69, 9.17) is 0 Å². The molecular weight excluding hydrogens is 436 g/mol. The first-order valence-corrected chi connectivity index (χ1v) is 12.1. The molecule has 5 rings (SSSR count). The molecule has 4 aromatic rings. The first-order chi connectivity index (χ1) is 16.9. The van der Waals surface area contributed by atoms with Crippen molar-refractivity contribution in [3.05, 3.63) is 108 Å². The van der Waals surface area contributed by atoms with E-state index in [9.17, 15) is 9.59 Å². The minimum absolute atomic E-state index is 0.104. The Morgan fingerprint density at radius 3 is 2.57 bits per heavy atom. The van der Waals surface area contributed by atoms with Crippen LogP contribution in [0.3, 0.4) is 0 Å². The van der Waals surface area contributed by atoms with Crippen LogP contribution < -0.4 is 5.32 Å². The van der Waals surface area contributed by atoms with E-state index >= 15 is 0 Å². The van der Waals surface area contributed by atoms with Crippen LogP contribution in [0.15, 0.2) is 85.3 Å². The van der Waals surface area contributed by atoms with Gasteiger partial charge in [-0.15, -0.1) is 0 Å². The third-order valence-corrected chi connectivity index (χ3v) is 7.07. The lowest BCUT2D eigenvalue weighted by atomic mass is 9.83. The molecule has 35 heavy (non-hydrogen) atoms. The summed E-state index contributed by atoms with van der Waals surface area (Å²) in [5.41, 5.74) is 4.14. The van der Waals surface area contributed by atoms with E-state index in [2.05, 4.69) is 10.3 Å². The molecule has 1 atom stereocenters. The van der Waals surface area contributed by atoms with Crippen molar-refractivity contribution in [2.24, 2.45) is 0 Å². The van der Waals surface area contributed by atoms with Crippen molar-refractivity contribution in [3.8, 4) is 0 Å². The predicted molar refractivity (Wildman–Crippen MR) is 136 cm³/mol. The molecule has 2 aromatic carbocycles. The minimum Gasteiger partial charge on any atom is -0.348 e. The van der Waals surface area contributed by atoms with Crippen molar-refractivity contribution in [1.82, 2.24) is 19.6 Å². The van der Waals surface area contributed by atoms with Gasteiger partial charge in [0.25, 0.3) is 5.91 Å². The zero-order chi connectivity index (χ0) is 24.4. The Balaban J connectivity index is 1.19. The lowest BCUT2D eigenvalue weighted by Gasteiger charge is -2.30. The van der Waals surface area contributed by atoms with Gasteiger partial charge in [-0.3, -0.25) is 9.59 Å². The number of carbonyl (C=O) groups is 2. The Morgan fingerprint density at radius 2 is 1.80 bits per heavy atom. The zero-order valence-corrected chi connectivity index (χ0v) is 20.1. The fraction of sp³-hybridized carbons (Fsp3) is 0.276. The smallest absolute Gasteiger partial charge is 0.251 e. The zero-order valence-electron chi connectivity index (χ0n) is 20.1. The first kappa shape index (κ1) is 22.8. The minimum atomic E-state index is -0.555. The second-order valence-electron chi connectivity index (χ2n) is 9.76. The van der Waals surface area contributed by atoms with Crippen molar-refractivity contribution < 1.29 is 9.59 Å². The standard InChI is InChI=1S/C29H30N4O2/c1-29(2,25-6-4-3-5-7-25)28(35)33-16-13-24(20-33)22-8-10-23(11-9-22)27(34)31-19-21-12-15-32-17-14-30-26(32)18-21/h3-12,14-15,17-18,24H,13,16,19-20H2,1-2H3,(H,31,34). The van der Waals surface area contributed by atoms with Gasteiger partial charge in [0.2, 0.25) is 5.91 Å². The maximum Gasteiger partial charge on any atom is 0.251 e. The van der Waals surface area contributed by atoms with Gasteiger partial charge in [0.15, 0.2) is 0 Å². The number of hydrogen-bond acceptors (Lipinski definition) is 3. The summed E-state index contributed by atoms with van der Waals surface area (Å²) in [6, 6.07) is 21.7. The summed E-state index contributed by atoms with van der Waals surface area (Å²) in [4.78, 5) is 32.2. The number of aromatic nitrogens is 2. The molecule has 0 bridgehead atoms. The number of nitrogens with zero attached hydrogens (tertiary/aromatic N) is 3. The van der Waals surface area contributed by atoms with E-state index in [1.165, 1.54) is 5.56 Å². The molecule has 1 aliphatic heterocycles. The number of benzene rings is 2. The maximum atomic E-state index is 13.3. The fourth-order valence-electron chi connectivity index (χ4n) is 4.84. The van der Waals surface area contributed by atoms with Crippen molar-refractivity contribution in [1.29, 1.82) is 0 Å². The van der Waals surface area contributed by atoms with Crippen LogP contribution in [0.4, 0.5) is 0 Å². The molecule has 0 saturated carbocycles. The lowest BCUT2D eigenvalue weighted by molar-refractivity contribution is -0.135. The molecule has 2 amide bonds. The number of carbonyl (C=O) groups excluding carboxylic acids is 2. The molecule has 1 saturated heterocycles.